The van der Waals surface area contributed by atoms with Crippen LogP contribution in [0.3, 0.4) is 0 Å². The number of hydrogen-bond acceptors (Lipinski definition) is 4. The van der Waals surface area contributed by atoms with E-state index in [1.54, 1.807) is 12.1 Å². The predicted octanol–water partition coefficient (Wildman–Crippen LogP) is 3.33. The van der Waals surface area contributed by atoms with Crippen molar-refractivity contribution in [3.8, 4) is 5.75 Å². The Labute approximate surface area is 145 Å². The topological polar surface area (TPSA) is 90.4 Å². The molecule has 0 aliphatic carbocycles. The lowest BCUT2D eigenvalue weighted by Gasteiger charge is -2.14. The number of aromatic nitrogens is 2. The molecule has 1 heterocycles. The van der Waals surface area contributed by atoms with E-state index in [2.05, 4.69) is 20.7 Å². The summed E-state index contributed by atoms with van der Waals surface area (Å²) in [5.41, 5.74) is 4.01. The van der Waals surface area contributed by atoms with Gasteiger partial charge in [-0.15, -0.1) is 0 Å². The summed E-state index contributed by atoms with van der Waals surface area (Å²) < 4.78 is 0. The molecule has 128 valence electrons. The Kier molecular flexibility index (Phi) is 4.27. The normalized spacial score (nSPS) is 12.0. The van der Waals surface area contributed by atoms with Gasteiger partial charge in [-0.05, 0) is 22.9 Å². The van der Waals surface area contributed by atoms with Gasteiger partial charge in [0.05, 0.1) is 6.21 Å². The molecule has 1 amide bonds. The molecule has 0 fully saturated rings. The minimum Gasteiger partial charge on any atom is -0.507 e. The lowest BCUT2D eigenvalue weighted by Crippen LogP contribution is -2.18. The van der Waals surface area contributed by atoms with E-state index in [-0.39, 0.29) is 16.9 Å². The molecular weight excluding hydrogens is 316 g/mol. The number of amides is 1. The monoisotopic (exact) mass is 336 g/mol. The first kappa shape index (κ1) is 16.7. The number of aromatic hydroxyl groups is 1. The standard InChI is InChI=1S/C19H20N4O2/c1-19(2,3)17-10-15(21-22-17)18(25)23-20-11-14-13-7-5-4-6-12(13)8-9-16(14)24/h4-11,24H,1-3H3,(H,21,22)(H,23,25). The third-order valence-corrected chi connectivity index (χ3v) is 3.93. The van der Waals surface area contributed by atoms with Gasteiger partial charge in [0.2, 0.25) is 0 Å². The molecule has 3 aromatic rings. The molecule has 0 atom stereocenters. The van der Waals surface area contributed by atoms with Gasteiger partial charge < -0.3 is 5.11 Å². The maximum absolute atomic E-state index is 12.2. The number of rotatable bonds is 3. The molecule has 0 bridgehead atoms. The Morgan fingerprint density at radius 1 is 1.24 bits per heavy atom. The van der Waals surface area contributed by atoms with Gasteiger partial charge in [-0.3, -0.25) is 9.89 Å². The van der Waals surface area contributed by atoms with Crippen molar-refractivity contribution in [2.75, 3.05) is 0 Å². The third-order valence-electron chi connectivity index (χ3n) is 3.93. The zero-order valence-electron chi connectivity index (χ0n) is 14.4. The van der Waals surface area contributed by atoms with E-state index in [9.17, 15) is 9.90 Å². The molecule has 1 aromatic heterocycles. The summed E-state index contributed by atoms with van der Waals surface area (Å²) in [6.07, 6.45) is 1.44. The van der Waals surface area contributed by atoms with Crippen LogP contribution in [0.4, 0.5) is 0 Å². The number of carbonyl (C=O) groups is 1. The molecule has 0 saturated carbocycles. The highest BCUT2D eigenvalue weighted by Crippen LogP contribution is 2.25. The van der Waals surface area contributed by atoms with Crippen molar-refractivity contribution in [2.45, 2.75) is 26.2 Å². The molecule has 0 aliphatic rings. The number of nitrogens with one attached hydrogen (secondary N) is 2. The van der Waals surface area contributed by atoms with E-state index in [0.717, 1.165) is 16.5 Å². The van der Waals surface area contributed by atoms with Crippen molar-refractivity contribution in [2.24, 2.45) is 5.10 Å². The van der Waals surface area contributed by atoms with E-state index >= 15 is 0 Å². The second-order valence-electron chi connectivity index (χ2n) is 6.84. The number of carbonyl (C=O) groups excluding carboxylic acids is 1. The molecular formula is C19H20N4O2. The molecule has 6 nitrogen and oxygen atoms in total. The number of aromatic amines is 1. The Morgan fingerprint density at radius 2 is 2.00 bits per heavy atom. The summed E-state index contributed by atoms with van der Waals surface area (Å²) in [6.45, 7) is 6.09. The molecule has 0 unspecified atom stereocenters. The van der Waals surface area contributed by atoms with Crippen LogP contribution in [-0.4, -0.2) is 27.4 Å². The average molecular weight is 336 g/mol. The maximum atomic E-state index is 12.2. The first-order valence-corrected chi connectivity index (χ1v) is 7.96. The van der Waals surface area contributed by atoms with Crippen LogP contribution >= 0.6 is 0 Å². The smallest absolute Gasteiger partial charge is 0.291 e. The number of hydrogen-bond donors (Lipinski definition) is 3. The zero-order chi connectivity index (χ0) is 18.0. The second-order valence-corrected chi connectivity index (χ2v) is 6.84. The Hall–Kier alpha value is -3.15. The van der Waals surface area contributed by atoms with Crippen LogP contribution in [0, 0.1) is 0 Å². The summed E-state index contributed by atoms with van der Waals surface area (Å²) in [7, 11) is 0. The fourth-order valence-electron chi connectivity index (χ4n) is 2.45. The molecule has 0 spiro atoms. The average Bonchev–Trinajstić information content (AvgIpc) is 3.07. The van der Waals surface area contributed by atoms with Crippen molar-refractivity contribution < 1.29 is 9.90 Å². The third kappa shape index (κ3) is 3.52. The van der Waals surface area contributed by atoms with Gasteiger partial charge in [0.15, 0.2) is 5.69 Å². The van der Waals surface area contributed by atoms with Gasteiger partial charge in [0, 0.05) is 16.7 Å². The number of fused-ring (bicyclic) bond motifs is 1. The number of nitrogens with zero attached hydrogens (tertiary/aromatic N) is 2. The van der Waals surface area contributed by atoms with Gasteiger partial charge in [-0.25, -0.2) is 5.43 Å². The number of hydrazone groups is 1. The second kappa shape index (κ2) is 6.39. The first-order valence-electron chi connectivity index (χ1n) is 7.96. The number of H-pyrrole nitrogens is 1. The summed E-state index contributed by atoms with van der Waals surface area (Å²) in [5, 5.41) is 22.7. The van der Waals surface area contributed by atoms with E-state index < -0.39 is 5.91 Å². The van der Waals surface area contributed by atoms with Gasteiger partial charge in [0.25, 0.3) is 5.91 Å². The van der Waals surface area contributed by atoms with Gasteiger partial charge >= 0.3 is 0 Å². The number of phenolic OH excluding ortho intramolecular Hbond substituents is 1. The maximum Gasteiger partial charge on any atom is 0.291 e. The fraction of sp³-hybridized carbons (Fsp3) is 0.211. The van der Waals surface area contributed by atoms with Gasteiger partial charge in [0.1, 0.15) is 5.75 Å². The van der Waals surface area contributed by atoms with E-state index in [1.807, 2.05) is 51.1 Å². The molecule has 0 radical (unpaired) electrons. The van der Waals surface area contributed by atoms with Gasteiger partial charge in [-0.2, -0.15) is 10.2 Å². The quantitative estimate of drug-likeness (QED) is 0.506. The van der Waals surface area contributed by atoms with Crippen molar-refractivity contribution in [3.63, 3.8) is 0 Å². The molecule has 0 saturated heterocycles. The minimum absolute atomic E-state index is 0.103. The summed E-state index contributed by atoms with van der Waals surface area (Å²) >= 11 is 0. The van der Waals surface area contributed by atoms with Crippen molar-refractivity contribution in [1.29, 1.82) is 0 Å². The van der Waals surface area contributed by atoms with E-state index in [0.29, 0.717) is 5.56 Å². The van der Waals surface area contributed by atoms with Crippen molar-refractivity contribution in [3.05, 3.63) is 59.4 Å². The van der Waals surface area contributed by atoms with Crippen LogP contribution in [0.15, 0.2) is 47.6 Å². The van der Waals surface area contributed by atoms with Crippen LogP contribution in [0.25, 0.3) is 10.8 Å². The number of phenols is 1. The summed E-state index contributed by atoms with van der Waals surface area (Å²) in [4.78, 5) is 12.2. The minimum atomic E-state index is -0.414. The van der Waals surface area contributed by atoms with E-state index in [1.165, 1.54) is 6.21 Å². The highest BCUT2D eigenvalue weighted by Gasteiger charge is 2.19. The SMILES string of the molecule is CC(C)(C)c1cc(C(=O)NN=Cc2c(O)ccc3ccccc23)n[nH]1. The van der Waals surface area contributed by atoms with E-state index in [4.69, 9.17) is 0 Å². The van der Waals surface area contributed by atoms with Crippen LogP contribution in [0.5, 0.6) is 5.75 Å². The van der Waals surface area contributed by atoms with Crippen LogP contribution in [-0.2, 0) is 5.41 Å². The summed E-state index contributed by atoms with van der Waals surface area (Å²) in [6, 6.07) is 12.8. The highest BCUT2D eigenvalue weighted by atomic mass is 16.3. The molecule has 2 aromatic carbocycles. The van der Waals surface area contributed by atoms with Crippen LogP contribution < -0.4 is 5.43 Å². The van der Waals surface area contributed by atoms with Crippen molar-refractivity contribution in [1.82, 2.24) is 15.6 Å². The zero-order valence-corrected chi connectivity index (χ0v) is 14.4. The highest BCUT2D eigenvalue weighted by molar-refractivity contribution is 6.03. The van der Waals surface area contributed by atoms with Crippen molar-refractivity contribution >= 4 is 22.9 Å². The molecule has 3 N–H and O–H groups in total. The predicted molar refractivity (Wildman–Crippen MR) is 98.0 cm³/mol. The lowest BCUT2D eigenvalue weighted by molar-refractivity contribution is 0.0950. The molecule has 0 aliphatic heterocycles. The van der Waals surface area contributed by atoms with Crippen LogP contribution in [0.2, 0.25) is 0 Å². The molecule has 25 heavy (non-hydrogen) atoms. The Bertz CT molecular complexity index is 951. The Morgan fingerprint density at radius 3 is 2.72 bits per heavy atom. The van der Waals surface area contributed by atoms with Crippen LogP contribution in [0.1, 0.15) is 42.5 Å². The first-order chi connectivity index (χ1) is 11.9. The Balaban J connectivity index is 1.79. The number of benzene rings is 2. The molecule has 6 heteroatoms. The largest absolute Gasteiger partial charge is 0.507 e. The lowest BCUT2D eigenvalue weighted by atomic mass is 9.92. The fourth-order valence-corrected chi connectivity index (χ4v) is 2.45. The summed E-state index contributed by atoms with van der Waals surface area (Å²) in [5.74, 6) is -0.311. The van der Waals surface area contributed by atoms with Gasteiger partial charge in [-0.1, -0.05) is 51.1 Å². The molecule has 3 rings (SSSR count).